The molecule has 0 aliphatic carbocycles. The van der Waals surface area contributed by atoms with E-state index >= 15 is 0 Å². The van der Waals surface area contributed by atoms with E-state index in [0.717, 1.165) is 0 Å². The van der Waals surface area contributed by atoms with Crippen LogP contribution in [0.25, 0.3) is 5.82 Å². The van der Waals surface area contributed by atoms with Crippen molar-refractivity contribution in [3.05, 3.63) is 71.8 Å². The van der Waals surface area contributed by atoms with Gasteiger partial charge in [-0.3, -0.25) is 0 Å². The van der Waals surface area contributed by atoms with Crippen molar-refractivity contribution in [1.82, 2.24) is 14.8 Å². The lowest BCUT2D eigenvalue weighted by Gasteiger charge is -2.15. The maximum Gasteiger partial charge on any atom is 0.335 e. The van der Waals surface area contributed by atoms with Gasteiger partial charge in [-0.15, -0.1) is 6.42 Å². The summed E-state index contributed by atoms with van der Waals surface area (Å²) in [7, 11) is 0. The standard InChI is InChI=1S/C18H12FN3O3/c1-2-15(12-3-5-14(19)6-4-12)25-17-8-10-21-22(17)16-11-13(18(23)24)7-9-20-16/h1,3-11,15H,(H,23,24). The molecule has 3 aromatic rings. The van der Waals surface area contributed by atoms with Crippen LogP contribution in [0.3, 0.4) is 0 Å². The SMILES string of the molecule is C#CC(Oc1ccnn1-c1cc(C(=O)O)ccn1)c1ccc(F)cc1. The summed E-state index contributed by atoms with van der Waals surface area (Å²) in [5, 5.41) is 13.2. The molecule has 0 aliphatic rings. The molecule has 1 unspecified atom stereocenters. The summed E-state index contributed by atoms with van der Waals surface area (Å²) in [6.07, 6.45) is 7.59. The molecule has 3 rings (SSSR count). The Balaban J connectivity index is 1.91. The van der Waals surface area contributed by atoms with Gasteiger partial charge in [0, 0.05) is 17.8 Å². The van der Waals surface area contributed by atoms with Gasteiger partial charge >= 0.3 is 5.97 Å². The molecule has 0 aliphatic heterocycles. The molecule has 2 heterocycles. The lowest BCUT2D eigenvalue weighted by molar-refractivity contribution is 0.0696. The van der Waals surface area contributed by atoms with Gasteiger partial charge in [0.05, 0.1) is 11.8 Å². The topological polar surface area (TPSA) is 77.2 Å². The number of hydrogen-bond donors (Lipinski definition) is 1. The second-order valence-electron chi connectivity index (χ2n) is 5.01. The Morgan fingerprint density at radius 2 is 2.00 bits per heavy atom. The molecule has 1 N–H and O–H groups in total. The van der Waals surface area contributed by atoms with Crippen LogP contribution in [0.2, 0.25) is 0 Å². The zero-order valence-electron chi connectivity index (χ0n) is 12.8. The molecule has 2 aromatic heterocycles. The first-order chi connectivity index (χ1) is 12.1. The molecule has 1 aromatic carbocycles. The molecule has 25 heavy (non-hydrogen) atoms. The maximum atomic E-state index is 13.1. The predicted octanol–water partition coefficient (Wildman–Crippen LogP) is 2.86. The van der Waals surface area contributed by atoms with Crippen LogP contribution in [0.1, 0.15) is 22.0 Å². The molecule has 0 amide bonds. The average molecular weight is 337 g/mol. The minimum Gasteiger partial charge on any atom is -0.478 e. The summed E-state index contributed by atoms with van der Waals surface area (Å²) in [6, 6.07) is 9.96. The van der Waals surface area contributed by atoms with Crippen molar-refractivity contribution >= 4 is 5.97 Å². The second kappa shape index (κ2) is 6.84. The fourth-order valence-electron chi connectivity index (χ4n) is 2.18. The average Bonchev–Trinajstić information content (AvgIpc) is 3.09. The first-order valence-electron chi connectivity index (χ1n) is 7.20. The van der Waals surface area contributed by atoms with Gasteiger partial charge in [-0.25, -0.2) is 14.2 Å². The monoisotopic (exact) mass is 337 g/mol. The van der Waals surface area contributed by atoms with Crippen LogP contribution >= 0.6 is 0 Å². The fourth-order valence-corrected chi connectivity index (χ4v) is 2.18. The van der Waals surface area contributed by atoms with Crippen molar-refractivity contribution in [3.8, 4) is 24.0 Å². The number of benzene rings is 1. The number of carboxylic acid groups (broad SMARTS) is 1. The first kappa shape index (κ1) is 16.2. The van der Waals surface area contributed by atoms with Crippen LogP contribution < -0.4 is 4.74 Å². The van der Waals surface area contributed by atoms with Gasteiger partial charge in [-0.05, 0) is 24.3 Å². The largest absolute Gasteiger partial charge is 0.478 e. The number of halogens is 1. The van der Waals surface area contributed by atoms with E-state index in [1.807, 2.05) is 0 Å². The molecule has 6 nitrogen and oxygen atoms in total. The summed E-state index contributed by atoms with van der Waals surface area (Å²) in [4.78, 5) is 15.2. The third-order valence-corrected chi connectivity index (χ3v) is 3.38. The molecule has 0 saturated carbocycles. The van der Waals surface area contributed by atoms with Gasteiger partial charge in [-0.2, -0.15) is 9.78 Å². The Kier molecular flexibility index (Phi) is 4.44. The molecular formula is C18H12FN3O3. The van der Waals surface area contributed by atoms with Crippen molar-refractivity contribution in [2.45, 2.75) is 6.10 Å². The predicted molar refractivity (Wildman–Crippen MR) is 86.9 cm³/mol. The summed E-state index contributed by atoms with van der Waals surface area (Å²) >= 11 is 0. The van der Waals surface area contributed by atoms with Crippen LogP contribution in [0, 0.1) is 18.2 Å². The van der Waals surface area contributed by atoms with E-state index in [-0.39, 0.29) is 23.1 Å². The second-order valence-corrected chi connectivity index (χ2v) is 5.01. The van der Waals surface area contributed by atoms with E-state index in [1.54, 1.807) is 6.07 Å². The number of nitrogens with zero attached hydrogens (tertiary/aromatic N) is 3. The van der Waals surface area contributed by atoms with Gasteiger partial charge in [0.1, 0.15) is 5.82 Å². The molecular weight excluding hydrogens is 325 g/mol. The van der Waals surface area contributed by atoms with Gasteiger partial charge < -0.3 is 9.84 Å². The van der Waals surface area contributed by atoms with E-state index in [9.17, 15) is 9.18 Å². The van der Waals surface area contributed by atoms with Gasteiger partial charge in [0.2, 0.25) is 5.88 Å². The van der Waals surface area contributed by atoms with Crippen molar-refractivity contribution in [2.75, 3.05) is 0 Å². The number of carbonyl (C=O) groups is 1. The minimum atomic E-state index is -1.08. The molecule has 0 saturated heterocycles. The molecule has 0 bridgehead atoms. The lowest BCUT2D eigenvalue weighted by atomic mass is 10.1. The summed E-state index contributed by atoms with van der Waals surface area (Å²) in [5.41, 5.74) is 0.669. The summed E-state index contributed by atoms with van der Waals surface area (Å²) in [5.74, 6) is 1.58. The van der Waals surface area contributed by atoms with Crippen molar-refractivity contribution < 1.29 is 19.0 Å². The summed E-state index contributed by atoms with van der Waals surface area (Å²) < 4.78 is 20.2. The number of hydrogen-bond acceptors (Lipinski definition) is 4. The van der Waals surface area contributed by atoms with E-state index in [1.165, 1.54) is 53.5 Å². The number of rotatable bonds is 5. The zero-order valence-corrected chi connectivity index (χ0v) is 12.8. The molecule has 0 fully saturated rings. The molecule has 0 radical (unpaired) electrons. The Morgan fingerprint density at radius 1 is 1.24 bits per heavy atom. The Hall–Kier alpha value is -3.66. The van der Waals surface area contributed by atoms with Gasteiger partial charge in [0.15, 0.2) is 11.9 Å². The Labute approximate surface area is 142 Å². The lowest BCUT2D eigenvalue weighted by Crippen LogP contribution is -2.10. The highest BCUT2D eigenvalue weighted by atomic mass is 19.1. The smallest absolute Gasteiger partial charge is 0.335 e. The maximum absolute atomic E-state index is 13.1. The molecule has 124 valence electrons. The van der Waals surface area contributed by atoms with Gasteiger partial charge in [-0.1, -0.05) is 18.1 Å². The number of ether oxygens (including phenoxy) is 1. The molecule has 1 atom stereocenters. The van der Waals surface area contributed by atoms with E-state index < -0.39 is 12.1 Å². The van der Waals surface area contributed by atoms with Crippen LogP contribution in [-0.4, -0.2) is 25.8 Å². The van der Waals surface area contributed by atoms with E-state index in [0.29, 0.717) is 5.56 Å². The van der Waals surface area contributed by atoms with E-state index in [4.69, 9.17) is 16.3 Å². The number of terminal acetylenes is 1. The third kappa shape index (κ3) is 3.48. The minimum absolute atomic E-state index is 0.0680. The van der Waals surface area contributed by atoms with Crippen LogP contribution in [0.5, 0.6) is 5.88 Å². The highest BCUT2D eigenvalue weighted by Gasteiger charge is 2.16. The van der Waals surface area contributed by atoms with Crippen LogP contribution in [-0.2, 0) is 0 Å². The summed E-state index contributed by atoms with van der Waals surface area (Å²) in [6.45, 7) is 0. The van der Waals surface area contributed by atoms with Gasteiger partial charge in [0.25, 0.3) is 0 Å². The number of aromatic carboxylic acids is 1. The van der Waals surface area contributed by atoms with Crippen molar-refractivity contribution in [2.24, 2.45) is 0 Å². The van der Waals surface area contributed by atoms with Crippen LogP contribution in [0.4, 0.5) is 4.39 Å². The molecule has 0 spiro atoms. The molecule has 7 heteroatoms. The fraction of sp³-hybridized carbons (Fsp3) is 0.0556. The number of carboxylic acids is 1. The van der Waals surface area contributed by atoms with Crippen molar-refractivity contribution in [1.29, 1.82) is 0 Å². The zero-order chi connectivity index (χ0) is 17.8. The number of pyridine rings is 1. The highest BCUT2D eigenvalue weighted by molar-refractivity contribution is 5.87. The normalized spacial score (nSPS) is 11.5. The number of aromatic nitrogens is 3. The Bertz CT molecular complexity index is 945. The van der Waals surface area contributed by atoms with E-state index in [2.05, 4.69) is 16.0 Å². The highest BCUT2D eigenvalue weighted by Crippen LogP contribution is 2.23. The quantitative estimate of drug-likeness (QED) is 0.725. The van der Waals surface area contributed by atoms with Crippen LogP contribution in [0.15, 0.2) is 54.9 Å². The third-order valence-electron chi connectivity index (χ3n) is 3.38. The van der Waals surface area contributed by atoms with Crippen molar-refractivity contribution in [3.63, 3.8) is 0 Å². The first-order valence-corrected chi connectivity index (χ1v) is 7.20. The Morgan fingerprint density at radius 3 is 2.68 bits per heavy atom.